The first kappa shape index (κ1) is 16.6. The fourth-order valence-electron chi connectivity index (χ4n) is 2.27. The van der Waals surface area contributed by atoms with Gasteiger partial charge in [0.1, 0.15) is 11.6 Å². The van der Waals surface area contributed by atoms with Gasteiger partial charge in [0.25, 0.3) is 0 Å². The fraction of sp³-hybridized carbons (Fsp3) is 0.462. The van der Waals surface area contributed by atoms with Crippen LogP contribution in [0.25, 0.3) is 0 Å². The monoisotopic (exact) mass is 333 g/mol. The first-order valence-corrected chi connectivity index (χ1v) is 8.58. The zero-order chi connectivity index (χ0) is 16.3. The number of halogens is 2. The molecule has 2 amide bonds. The van der Waals surface area contributed by atoms with Crippen LogP contribution in [0.15, 0.2) is 18.2 Å². The summed E-state index contributed by atoms with van der Waals surface area (Å²) in [5, 5.41) is 4.95. The van der Waals surface area contributed by atoms with E-state index in [1.807, 2.05) is 0 Å². The Morgan fingerprint density at radius 1 is 1.27 bits per heavy atom. The lowest BCUT2D eigenvalue weighted by molar-refractivity contribution is 0.238. The number of benzene rings is 1. The molecule has 1 saturated heterocycles. The number of hydrogen-bond acceptors (Lipinski definition) is 3. The molecule has 9 heteroatoms. The highest BCUT2D eigenvalue weighted by Gasteiger charge is 2.25. The summed E-state index contributed by atoms with van der Waals surface area (Å²) in [6, 6.07) is 2.06. The molecule has 0 bridgehead atoms. The van der Waals surface area contributed by atoms with Gasteiger partial charge in [0.2, 0.25) is 10.0 Å². The second-order valence-corrected chi connectivity index (χ2v) is 7.14. The van der Waals surface area contributed by atoms with Gasteiger partial charge in [0.15, 0.2) is 0 Å². The number of nitrogens with one attached hydrogen (secondary N) is 2. The summed E-state index contributed by atoms with van der Waals surface area (Å²) < 4.78 is 50.3. The molecule has 1 heterocycles. The average Bonchev–Trinajstić information content (AvgIpc) is 2.41. The Hall–Kier alpha value is -1.74. The van der Waals surface area contributed by atoms with Gasteiger partial charge in [-0.3, -0.25) is 0 Å². The summed E-state index contributed by atoms with van der Waals surface area (Å²) in [6.07, 6.45) is 2.10. The van der Waals surface area contributed by atoms with E-state index in [1.165, 1.54) is 4.31 Å². The molecule has 0 spiro atoms. The molecule has 1 aliphatic rings. The lowest BCUT2D eigenvalue weighted by Gasteiger charge is -2.30. The van der Waals surface area contributed by atoms with Gasteiger partial charge < -0.3 is 10.6 Å². The Kier molecular flexibility index (Phi) is 4.97. The van der Waals surface area contributed by atoms with Crippen molar-refractivity contribution in [1.82, 2.24) is 9.62 Å². The molecule has 0 saturated carbocycles. The van der Waals surface area contributed by atoms with E-state index in [4.69, 9.17) is 0 Å². The van der Waals surface area contributed by atoms with Crippen LogP contribution in [0.2, 0.25) is 0 Å². The molecule has 0 atom stereocenters. The summed E-state index contributed by atoms with van der Waals surface area (Å²) >= 11 is 0. The van der Waals surface area contributed by atoms with Crippen LogP contribution in [0, 0.1) is 11.6 Å². The summed E-state index contributed by atoms with van der Waals surface area (Å²) in [5.74, 6) is -1.58. The lowest BCUT2D eigenvalue weighted by Crippen LogP contribution is -2.47. The zero-order valence-corrected chi connectivity index (χ0v) is 12.8. The van der Waals surface area contributed by atoms with Crippen LogP contribution in [0.3, 0.4) is 0 Å². The number of carbonyl (C=O) groups is 1. The highest BCUT2D eigenvalue weighted by molar-refractivity contribution is 7.88. The van der Waals surface area contributed by atoms with E-state index in [1.54, 1.807) is 0 Å². The second-order valence-electron chi connectivity index (χ2n) is 5.16. The van der Waals surface area contributed by atoms with Crippen LogP contribution >= 0.6 is 0 Å². The van der Waals surface area contributed by atoms with E-state index >= 15 is 0 Å². The maximum atomic E-state index is 13.4. The van der Waals surface area contributed by atoms with Gasteiger partial charge >= 0.3 is 6.03 Å². The third kappa shape index (κ3) is 4.38. The Bertz CT molecular complexity index is 658. The number of amides is 2. The van der Waals surface area contributed by atoms with Crippen LogP contribution in [0.4, 0.5) is 19.3 Å². The Morgan fingerprint density at radius 2 is 1.91 bits per heavy atom. The van der Waals surface area contributed by atoms with Crippen molar-refractivity contribution >= 4 is 21.7 Å². The predicted octanol–water partition coefficient (Wildman–Crippen LogP) is 1.51. The molecular formula is C13H17F2N3O3S. The minimum absolute atomic E-state index is 0.118. The van der Waals surface area contributed by atoms with Gasteiger partial charge in [-0.15, -0.1) is 0 Å². The Labute approximate surface area is 127 Å². The van der Waals surface area contributed by atoms with Crippen LogP contribution in [0.5, 0.6) is 0 Å². The number of rotatable bonds is 3. The van der Waals surface area contributed by atoms with Gasteiger partial charge in [-0.2, -0.15) is 0 Å². The van der Waals surface area contributed by atoms with E-state index in [0.717, 1.165) is 18.4 Å². The number of nitrogens with zero attached hydrogens (tertiary/aromatic N) is 1. The first-order valence-electron chi connectivity index (χ1n) is 6.73. The van der Waals surface area contributed by atoms with E-state index < -0.39 is 27.7 Å². The standard InChI is InChI=1S/C13H17F2N3O3S/c1-22(20,21)18-6-4-10(5-7-18)16-13(19)17-12-3-2-9(14)8-11(12)15/h2-3,8,10H,4-7H2,1H3,(H2,16,17,19). The van der Waals surface area contributed by atoms with Crippen molar-refractivity contribution in [1.29, 1.82) is 0 Å². The number of sulfonamides is 1. The molecule has 2 N–H and O–H groups in total. The van der Waals surface area contributed by atoms with Crippen molar-refractivity contribution in [2.45, 2.75) is 18.9 Å². The number of carbonyl (C=O) groups excluding carboxylic acids is 1. The molecule has 0 aliphatic carbocycles. The molecule has 0 radical (unpaired) electrons. The first-order chi connectivity index (χ1) is 10.3. The van der Waals surface area contributed by atoms with E-state index in [9.17, 15) is 22.0 Å². The molecule has 22 heavy (non-hydrogen) atoms. The maximum Gasteiger partial charge on any atom is 0.319 e. The van der Waals surface area contributed by atoms with Crippen molar-refractivity contribution in [3.8, 4) is 0 Å². The van der Waals surface area contributed by atoms with Gasteiger partial charge in [0.05, 0.1) is 11.9 Å². The minimum atomic E-state index is -3.22. The summed E-state index contributed by atoms with van der Waals surface area (Å²) in [6.45, 7) is 0.656. The van der Waals surface area contributed by atoms with Crippen LogP contribution in [-0.4, -0.2) is 44.1 Å². The normalized spacial score (nSPS) is 17.2. The van der Waals surface area contributed by atoms with Crippen LogP contribution in [0.1, 0.15) is 12.8 Å². The third-order valence-electron chi connectivity index (χ3n) is 3.44. The number of hydrogen-bond donors (Lipinski definition) is 2. The largest absolute Gasteiger partial charge is 0.335 e. The molecule has 1 aromatic carbocycles. The maximum absolute atomic E-state index is 13.4. The van der Waals surface area contributed by atoms with Crippen molar-refractivity contribution < 1.29 is 22.0 Å². The predicted molar refractivity (Wildman–Crippen MR) is 78.0 cm³/mol. The zero-order valence-electron chi connectivity index (χ0n) is 12.0. The highest BCUT2D eigenvalue weighted by atomic mass is 32.2. The van der Waals surface area contributed by atoms with Crippen molar-refractivity contribution in [3.05, 3.63) is 29.8 Å². The summed E-state index contributed by atoms with van der Waals surface area (Å²) in [4.78, 5) is 11.8. The van der Waals surface area contributed by atoms with Crippen molar-refractivity contribution in [3.63, 3.8) is 0 Å². The molecule has 0 unspecified atom stereocenters. The molecule has 1 fully saturated rings. The van der Waals surface area contributed by atoms with E-state index in [0.29, 0.717) is 32.0 Å². The minimum Gasteiger partial charge on any atom is -0.335 e. The molecule has 1 aliphatic heterocycles. The number of piperidine rings is 1. The smallest absolute Gasteiger partial charge is 0.319 e. The van der Waals surface area contributed by atoms with Crippen LogP contribution < -0.4 is 10.6 Å². The van der Waals surface area contributed by atoms with E-state index in [2.05, 4.69) is 10.6 Å². The molecule has 2 rings (SSSR count). The Morgan fingerprint density at radius 3 is 2.45 bits per heavy atom. The number of urea groups is 1. The van der Waals surface area contributed by atoms with Gasteiger partial charge in [-0.1, -0.05) is 0 Å². The molecule has 1 aromatic rings. The van der Waals surface area contributed by atoms with Gasteiger partial charge in [-0.25, -0.2) is 26.3 Å². The van der Waals surface area contributed by atoms with Gasteiger partial charge in [-0.05, 0) is 25.0 Å². The van der Waals surface area contributed by atoms with E-state index in [-0.39, 0.29) is 11.7 Å². The topological polar surface area (TPSA) is 78.5 Å². The summed E-state index contributed by atoms with van der Waals surface area (Å²) in [5.41, 5.74) is -0.118. The van der Waals surface area contributed by atoms with Gasteiger partial charge in [0, 0.05) is 25.2 Å². The molecule has 0 aromatic heterocycles. The lowest BCUT2D eigenvalue weighted by atomic mass is 10.1. The van der Waals surface area contributed by atoms with Crippen molar-refractivity contribution in [2.75, 3.05) is 24.7 Å². The summed E-state index contributed by atoms with van der Waals surface area (Å²) in [7, 11) is -3.22. The van der Waals surface area contributed by atoms with Crippen LogP contribution in [-0.2, 0) is 10.0 Å². The van der Waals surface area contributed by atoms with Crippen molar-refractivity contribution in [2.24, 2.45) is 0 Å². The Balaban J connectivity index is 1.86. The highest BCUT2D eigenvalue weighted by Crippen LogP contribution is 2.16. The fourth-order valence-corrected chi connectivity index (χ4v) is 3.14. The quantitative estimate of drug-likeness (QED) is 0.880. The SMILES string of the molecule is CS(=O)(=O)N1CCC(NC(=O)Nc2ccc(F)cc2F)CC1. The average molecular weight is 333 g/mol. The molecule has 6 nitrogen and oxygen atoms in total. The second kappa shape index (κ2) is 6.57. The molecular weight excluding hydrogens is 316 g/mol. The molecule has 122 valence electrons. The number of anilines is 1. The third-order valence-corrected chi connectivity index (χ3v) is 4.74.